The van der Waals surface area contributed by atoms with E-state index in [1.807, 2.05) is 13.0 Å². The lowest BCUT2D eigenvalue weighted by molar-refractivity contribution is 0.0724. The molecule has 0 radical (unpaired) electrons. The second-order valence-corrected chi connectivity index (χ2v) is 6.46. The summed E-state index contributed by atoms with van der Waals surface area (Å²) in [6.45, 7) is 1.89. The molecule has 0 amide bonds. The number of benzene rings is 1. The number of carbonyl (C=O) groups is 1. The number of sulfonamides is 1. The van der Waals surface area contributed by atoms with Gasteiger partial charge in [0.25, 0.3) is 0 Å². The summed E-state index contributed by atoms with van der Waals surface area (Å²) in [6.07, 6.45) is 1.07. The Kier molecular flexibility index (Phi) is 4.04. The van der Waals surface area contributed by atoms with E-state index in [0.717, 1.165) is 11.9 Å². The van der Waals surface area contributed by atoms with Crippen LogP contribution in [0.3, 0.4) is 0 Å². The summed E-state index contributed by atoms with van der Waals surface area (Å²) in [5.74, 6) is -0.118. The molecule has 1 aromatic heterocycles. The van der Waals surface area contributed by atoms with Gasteiger partial charge in [-0.05, 0) is 43.3 Å². The first kappa shape index (κ1) is 15.1. The van der Waals surface area contributed by atoms with Crippen molar-refractivity contribution in [2.75, 3.05) is 11.0 Å². The maximum absolute atomic E-state index is 12.0. The van der Waals surface area contributed by atoms with Crippen LogP contribution in [0.15, 0.2) is 36.4 Å². The molecule has 1 aromatic carbocycles. The molecule has 0 fully saturated rings. The third-order valence-corrected chi connectivity index (χ3v) is 3.56. The molecule has 0 aliphatic heterocycles. The number of rotatable bonds is 4. The summed E-state index contributed by atoms with van der Waals surface area (Å²) in [6, 6.07) is 9.63. The lowest BCUT2D eigenvalue weighted by atomic mass is 10.3. The summed E-state index contributed by atoms with van der Waals surface area (Å²) < 4.78 is 31.5. The van der Waals surface area contributed by atoms with E-state index in [1.165, 1.54) is 24.3 Å². The smallest absolute Gasteiger partial charge is 0.360 e. The van der Waals surface area contributed by atoms with E-state index in [-0.39, 0.29) is 0 Å². The van der Waals surface area contributed by atoms with Gasteiger partial charge in [0.05, 0.1) is 6.26 Å². The molecular formula is C14H16N2O4S. The van der Waals surface area contributed by atoms with Crippen molar-refractivity contribution in [2.24, 2.45) is 7.05 Å². The van der Waals surface area contributed by atoms with Crippen LogP contribution >= 0.6 is 0 Å². The minimum atomic E-state index is -3.32. The topological polar surface area (TPSA) is 77.4 Å². The van der Waals surface area contributed by atoms with Gasteiger partial charge in [0.1, 0.15) is 11.4 Å². The summed E-state index contributed by atoms with van der Waals surface area (Å²) in [4.78, 5) is 12.0. The Morgan fingerprint density at radius 2 is 1.76 bits per heavy atom. The fourth-order valence-electron chi connectivity index (χ4n) is 1.78. The minimum absolute atomic E-state index is 0.345. The third-order valence-electron chi connectivity index (χ3n) is 2.95. The number of nitrogens with zero attached hydrogens (tertiary/aromatic N) is 1. The van der Waals surface area contributed by atoms with Crippen molar-refractivity contribution in [1.29, 1.82) is 0 Å². The molecule has 112 valence electrons. The van der Waals surface area contributed by atoms with Crippen molar-refractivity contribution >= 4 is 21.7 Å². The molecule has 0 unspecified atom stereocenters. The minimum Gasteiger partial charge on any atom is -0.422 e. The van der Waals surface area contributed by atoms with Gasteiger partial charge >= 0.3 is 5.97 Å². The van der Waals surface area contributed by atoms with Crippen LogP contribution in [0.2, 0.25) is 0 Å². The normalized spacial score (nSPS) is 11.2. The van der Waals surface area contributed by atoms with Crippen LogP contribution < -0.4 is 9.46 Å². The zero-order valence-corrected chi connectivity index (χ0v) is 12.8. The highest BCUT2D eigenvalue weighted by molar-refractivity contribution is 7.92. The zero-order valence-electron chi connectivity index (χ0n) is 12.0. The van der Waals surface area contributed by atoms with E-state index in [0.29, 0.717) is 17.1 Å². The van der Waals surface area contributed by atoms with E-state index in [1.54, 1.807) is 17.7 Å². The van der Waals surface area contributed by atoms with E-state index in [2.05, 4.69) is 4.72 Å². The van der Waals surface area contributed by atoms with Crippen LogP contribution in [-0.2, 0) is 17.1 Å². The first-order chi connectivity index (χ1) is 9.76. The number of hydrogen-bond donors (Lipinski definition) is 1. The van der Waals surface area contributed by atoms with E-state index >= 15 is 0 Å². The predicted molar refractivity (Wildman–Crippen MR) is 80.0 cm³/mol. The first-order valence-electron chi connectivity index (χ1n) is 6.18. The van der Waals surface area contributed by atoms with Crippen molar-refractivity contribution in [3.8, 4) is 5.75 Å². The van der Waals surface area contributed by atoms with Gasteiger partial charge in [-0.25, -0.2) is 13.2 Å². The summed E-state index contributed by atoms with van der Waals surface area (Å²) in [5.41, 5.74) is 1.81. The lowest BCUT2D eigenvalue weighted by Gasteiger charge is -2.07. The Hall–Kier alpha value is -2.28. The summed E-state index contributed by atoms with van der Waals surface area (Å²) in [7, 11) is -1.54. The molecule has 0 aliphatic rings. The molecule has 1 heterocycles. The van der Waals surface area contributed by atoms with Gasteiger partial charge in [-0.1, -0.05) is 0 Å². The zero-order chi connectivity index (χ0) is 15.6. The van der Waals surface area contributed by atoms with Crippen molar-refractivity contribution in [2.45, 2.75) is 6.92 Å². The van der Waals surface area contributed by atoms with Gasteiger partial charge in [-0.15, -0.1) is 0 Å². The molecule has 0 saturated heterocycles. The predicted octanol–water partition coefficient (Wildman–Crippen LogP) is 1.92. The molecule has 6 nitrogen and oxygen atoms in total. The highest BCUT2D eigenvalue weighted by Gasteiger charge is 2.13. The van der Waals surface area contributed by atoms with Gasteiger partial charge in [0, 0.05) is 18.4 Å². The second kappa shape index (κ2) is 5.61. The van der Waals surface area contributed by atoms with E-state index < -0.39 is 16.0 Å². The van der Waals surface area contributed by atoms with Gasteiger partial charge in [-0.3, -0.25) is 4.72 Å². The largest absolute Gasteiger partial charge is 0.422 e. The highest BCUT2D eigenvalue weighted by atomic mass is 32.2. The number of aryl methyl sites for hydroxylation is 1. The number of nitrogens with one attached hydrogen (secondary N) is 1. The van der Waals surface area contributed by atoms with Crippen molar-refractivity contribution in [3.63, 3.8) is 0 Å². The standard InChI is InChI=1S/C14H16N2O4S/c1-10-4-9-13(16(10)2)14(17)20-12-7-5-11(6-8-12)15-21(3,18)19/h4-9,15H,1-3H3. The summed E-state index contributed by atoms with van der Waals surface area (Å²) in [5, 5.41) is 0. The average molecular weight is 308 g/mol. The van der Waals surface area contributed by atoms with Gasteiger partial charge in [0.2, 0.25) is 10.0 Å². The molecule has 0 atom stereocenters. The second-order valence-electron chi connectivity index (χ2n) is 4.71. The average Bonchev–Trinajstić information content (AvgIpc) is 2.71. The lowest BCUT2D eigenvalue weighted by Crippen LogP contribution is -2.13. The molecule has 1 N–H and O–H groups in total. The molecule has 2 aromatic rings. The Morgan fingerprint density at radius 3 is 2.24 bits per heavy atom. The highest BCUT2D eigenvalue weighted by Crippen LogP contribution is 2.18. The summed E-state index contributed by atoms with van der Waals surface area (Å²) >= 11 is 0. The Bertz CT molecular complexity index is 761. The Balaban J connectivity index is 2.10. The third kappa shape index (κ3) is 3.85. The number of aromatic nitrogens is 1. The Labute approximate surface area is 123 Å². The number of ether oxygens (including phenoxy) is 1. The first-order valence-corrected chi connectivity index (χ1v) is 8.08. The van der Waals surface area contributed by atoms with Crippen molar-refractivity contribution in [3.05, 3.63) is 47.8 Å². The van der Waals surface area contributed by atoms with Gasteiger partial charge in [-0.2, -0.15) is 0 Å². The molecule has 0 aliphatic carbocycles. The van der Waals surface area contributed by atoms with Gasteiger partial charge in [0.15, 0.2) is 0 Å². The number of esters is 1. The van der Waals surface area contributed by atoms with Gasteiger partial charge < -0.3 is 9.30 Å². The van der Waals surface area contributed by atoms with Crippen LogP contribution in [0.25, 0.3) is 0 Å². The SMILES string of the molecule is Cc1ccc(C(=O)Oc2ccc(NS(C)(=O)=O)cc2)n1C. The van der Waals surface area contributed by atoms with Crippen LogP contribution in [0.1, 0.15) is 16.2 Å². The van der Waals surface area contributed by atoms with Crippen LogP contribution in [0, 0.1) is 6.92 Å². The molecule has 2 rings (SSSR count). The van der Waals surface area contributed by atoms with Crippen LogP contribution in [-0.4, -0.2) is 25.2 Å². The van der Waals surface area contributed by atoms with Crippen molar-refractivity contribution < 1.29 is 17.9 Å². The molecule has 7 heteroatoms. The quantitative estimate of drug-likeness (QED) is 0.691. The maximum Gasteiger partial charge on any atom is 0.360 e. The number of hydrogen-bond acceptors (Lipinski definition) is 4. The molecule has 0 bridgehead atoms. The van der Waals surface area contributed by atoms with E-state index in [9.17, 15) is 13.2 Å². The number of anilines is 1. The molecule has 0 saturated carbocycles. The van der Waals surface area contributed by atoms with Crippen LogP contribution in [0.5, 0.6) is 5.75 Å². The number of carbonyl (C=O) groups excluding carboxylic acids is 1. The monoisotopic (exact) mass is 308 g/mol. The Morgan fingerprint density at radius 1 is 1.14 bits per heavy atom. The molecule has 0 spiro atoms. The fraction of sp³-hybridized carbons (Fsp3) is 0.214. The fourth-order valence-corrected chi connectivity index (χ4v) is 2.35. The maximum atomic E-state index is 12.0. The van der Waals surface area contributed by atoms with Crippen molar-refractivity contribution in [1.82, 2.24) is 4.57 Å². The molecule has 21 heavy (non-hydrogen) atoms. The van der Waals surface area contributed by atoms with Crippen LogP contribution in [0.4, 0.5) is 5.69 Å². The molecular weight excluding hydrogens is 292 g/mol. The van der Waals surface area contributed by atoms with E-state index in [4.69, 9.17) is 4.74 Å².